The fraction of sp³-hybridized carbons (Fsp3) is 0.568. The van der Waals surface area contributed by atoms with E-state index in [-0.39, 0.29) is 107 Å². The number of carbonyl (C=O) groups is 5. The van der Waals surface area contributed by atoms with Crippen LogP contribution in [0.1, 0.15) is 118 Å². The van der Waals surface area contributed by atoms with Gasteiger partial charge >= 0.3 is 18.1 Å². The lowest BCUT2D eigenvalue weighted by molar-refractivity contribution is -0.150. The van der Waals surface area contributed by atoms with Gasteiger partial charge in [-0.25, -0.2) is 4.79 Å². The van der Waals surface area contributed by atoms with Crippen molar-refractivity contribution < 1.29 is 48.0 Å². The topological polar surface area (TPSA) is 142 Å². The summed E-state index contributed by atoms with van der Waals surface area (Å²) < 4.78 is 19.5. The highest BCUT2D eigenvalue weighted by atomic mass is 16.7. The molecule has 0 fully saturated rings. The van der Waals surface area contributed by atoms with Crippen molar-refractivity contribution in [3.8, 4) is 12.3 Å². The lowest BCUT2D eigenvalue weighted by Gasteiger charge is -2.24. The first-order chi connectivity index (χ1) is 24.9. The van der Waals surface area contributed by atoms with E-state index in [0.29, 0.717) is 19.3 Å². The monoisotopic (exact) mass is 754 g/mol. The third-order valence-electron chi connectivity index (χ3n) is 9.05. The third-order valence-corrected chi connectivity index (χ3v) is 9.05. The van der Waals surface area contributed by atoms with Crippen LogP contribution in [0.5, 0.6) is 0 Å². The van der Waals surface area contributed by atoms with E-state index in [1.807, 2.05) is 81.4 Å². The zero-order chi connectivity index (χ0) is 38.9. The number of aliphatic hydroxyl groups is 1. The van der Waals surface area contributed by atoms with Crippen LogP contribution in [0.3, 0.4) is 0 Å². The second-order valence-corrected chi connectivity index (χ2v) is 13.0. The van der Waals surface area contributed by atoms with Crippen molar-refractivity contribution >= 4 is 29.7 Å². The minimum Gasteiger partial charge on any atom is -0.463 e. The molecule has 0 saturated carbocycles. The number of benzene rings is 2. The molecule has 6 unspecified atom stereocenters. The van der Waals surface area contributed by atoms with E-state index in [0.717, 1.165) is 30.4 Å². The largest absolute Gasteiger partial charge is 0.509 e. The molecule has 0 aliphatic carbocycles. The fourth-order valence-corrected chi connectivity index (χ4v) is 6.00. The predicted molar refractivity (Wildman–Crippen MR) is 213 cm³/mol. The van der Waals surface area contributed by atoms with E-state index in [1.54, 1.807) is 20.8 Å². The van der Waals surface area contributed by atoms with E-state index >= 15 is 0 Å². The first-order valence-electron chi connectivity index (χ1n) is 18.2. The summed E-state index contributed by atoms with van der Waals surface area (Å²) in [6.07, 6.45) is 8.29. The second kappa shape index (κ2) is 29.9. The van der Waals surface area contributed by atoms with Crippen molar-refractivity contribution in [2.45, 2.75) is 107 Å². The Morgan fingerprint density at radius 3 is 1.37 bits per heavy atom. The highest BCUT2D eigenvalue weighted by molar-refractivity contribution is 5.79. The van der Waals surface area contributed by atoms with E-state index < -0.39 is 6.16 Å². The summed E-state index contributed by atoms with van der Waals surface area (Å²) in [5.74, 6) is 1.40. The SMILES string of the molecule is C.C.C#CCOC(=O)OCCOC(=O)C(C)CC(CC(CC)C(C)=O)c1ccccc1.CCC(CC(CC(C)C(=O)OCCO)c1ccccc1)C(C)=O. The smallest absolute Gasteiger partial charge is 0.463 e. The zero-order valence-electron chi connectivity index (χ0n) is 31.7. The molecule has 6 atom stereocenters. The Bertz CT molecular complexity index is 1390. The Balaban J connectivity index is 0. The van der Waals surface area contributed by atoms with E-state index in [9.17, 15) is 24.0 Å². The van der Waals surface area contributed by atoms with Gasteiger partial charge in [0, 0.05) is 11.8 Å². The molecule has 0 bridgehead atoms. The van der Waals surface area contributed by atoms with Gasteiger partial charge in [-0.05, 0) is 75.3 Å². The molecule has 0 aromatic heterocycles. The van der Waals surface area contributed by atoms with Crippen molar-refractivity contribution in [3.63, 3.8) is 0 Å². The maximum Gasteiger partial charge on any atom is 0.509 e. The molecule has 2 rings (SSSR count). The fourth-order valence-electron chi connectivity index (χ4n) is 6.00. The van der Waals surface area contributed by atoms with E-state index in [1.165, 1.54) is 0 Å². The Labute approximate surface area is 324 Å². The average molecular weight is 755 g/mol. The van der Waals surface area contributed by atoms with Crippen molar-refractivity contribution in [2.75, 3.05) is 33.0 Å². The molecule has 0 radical (unpaired) electrons. The Morgan fingerprint density at radius 2 is 1.02 bits per heavy atom. The summed E-state index contributed by atoms with van der Waals surface area (Å²) in [4.78, 5) is 59.1. The molecule has 0 saturated heterocycles. The van der Waals surface area contributed by atoms with Gasteiger partial charge in [0.05, 0.1) is 18.4 Å². The summed E-state index contributed by atoms with van der Waals surface area (Å²) in [6.45, 7) is 10.4. The van der Waals surface area contributed by atoms with Crippen LogP contribution in [0.4, 0.5) is 4.79 Å². The van der Waals surface area contributed by atoms with Crippen molar-refractivity contribution in [2.24, 2.45) is 23.7 Å². The van der Waals surface area contributed by atoms with Crippen molar-refractivity contribution in [1.29, 1.82) is 0 Å². The molecule has 1 N–H and O–H groups in total. The molecule has 54 heavy (non-hydrogen) atoms. The van der Waals surface area contributed by atoms with Crippen LogP contribution in [-0.4, -0.2) is 67.8 Å². The number of ketones is 2. The number of hydrogen-bond acceptors (Lipinski definition) is 10. The Morgan fingerprint density at radius 1 is 0.630 bits per heavy atom. The molecule has 302 valence electrons. The maximum absolute atomic E-state index is 12.3. The van der Waals surface area contributed by atoms with Gasteiger partial charge in [-0.3, -0.25) is 19.2 Å². The number of carbonyl (C=O) groups excluding carboxylic acids is 5. The van der Waals surface area contributed by atoms with Crippen LogP contribution < -0.4 is 0 Å². The molecule has 0 aliphatic rings. The van der Waals surface area contributed by atoms with Gasteiger partial charge in [-0.2, -0.15) is 0 Å². The maximum atomic E-state index is 12.3. The van der Waals surface area contributed by atoms with Crippen LogP contribution in [0, 0.1) is 36.0 Å². The highest BCUT2D eigenvalue weighted by Gasteiger charge is 2.27. The average Bonchev–Trinajstić information content (AvgIpc) is 3.15. The van der Waals surface area contributed by atoms with Crippen molar-refractivity contribution in [3.05, 3.63) is 71.8 Å². The molecule has 0 spiro atoms. The lowest BCUT2D eigenvalue weighted by atomic mass is 9.81. The Kier molecular flexibility index (Phi) is 28.6. The van der Waals surface area contributed by atoms with Gasteiger partial charge < -0.3 is 24.1 Å². The molecule has 2 aromatic rings. The number of Topliss-reactive ketones (excluding diaryl/α,β-unsaturated/α-hetero) is 2. The van der Waals surface area contributed by atoms with E-state index in [2.05, 4.69) is 10.7 Å². The predicted octanol–water partition coefficient (Wildman–Crippen LogP) is 8.74. The van der Waals surface area contributed by atoms with Gasteiger partial charge in [-0.15, -0.1) is 6.42 Å². The zero-order valence-corrected chi connectivity index (χ0v) is 31.7. The summed E-state index contributed by atoms with van der Waals surface area (Å²) >= 11 is 0. The number of aliphatic hydroxyl groups excluding tert-OH is 1. The number of ether oxygens (including phenoxy) is 4. The second-order valence-electron chi connectivity index (χ2n) is 13.0. The first-order valence-corrected chi connectivity index (χ1v) is 18.2. The van der Waals surface area contributed by atoms with Crippen LogP contribution in [0.2, 0.25) is 0 Å². The van der Waals surface area contributed by atoms with E-state index in [4.69, 9.17) is 25.7 Å². The molecule has 0 aliphatic heterocycles. The van der Waals surface area contributed by atoms with Gasteiger partial charge in [0.25, 0.3) is 0 Å². The minimum absolute atomic E-state index is 0. The van der Waals surface area contributed by atoms with Crippen LogP contribution in [-0.2, 0) is 38.1 Å². The summed E-state index contributed by atoms with van der Waals surface area (Å²) in [7, 11) is 0. The summed E-state index contributed by atoms with van der Waals surface area (Å²) in [5.41, 5.74) is 2.25. The molecule has 10 nitrogen and oxygen atoms in total. The first kappa shape index (κ1) is 51.6. The van der Waals surface area contributed by atoms with Gasteiger partial charge in [-0.1, -0.05) is 109 Å². The number of rotatable bonds is 22. The van der Waals surface area contributed by atoms with Gasteiger partial charge in [0.1, 0.15) is 31.4 Å². The van der Waals surface area contributed by atoms with Crippen LogP contribution in [0.15, 0.2) is 60.7 Å². The minimum atomic E-state index is -0.897. The normalized spacial score (nSPS) is 13.5. The van der Waals surface area contributed by atoms with Gasteiger partial charge in [0.2, 0.25) is 0 Å². The number of hydrogen-bond donors (Lipinski definition) is 1. The molecule has 0 amide bonds. The third kappa shape index (κ3) is 20.7. The molecular formula is C44H66O10. The quantitative estimate of drug-likeness (QED) is 0.0537. The Hall–Kier alpha value is -4.49. The standard InChI is InChI=1S/C23H30O6.C19H28O4.2CH4/c1-5-12-28-23(26)29-14-13-27-22(25)17(3)15-21(16-19(6-2)18(4)24)20-10-8-7-9-11-20;1-4-16(15(3)21)13-18(17-8-6-5-7-9-17)12-14(2)19(22)23-11-10-20;;/h1,7-11,17,19,21H,6,12-16H2,2-4H3;5-9,14,16,18,20H,4,10-13H2,1-3H3;2*1H4. The number of terminal acetylenes is 1. The molecule has 2 aromatic carbocycles. The van der Waals surface area contributed by atoms with Gasteiger partial charge in [0.15, 0.2) is 6.61 Å². The highest BCUT2D eigenvalue weighted by Crippen LogP contribution is 2.33. The lowest BCUT2D eigenvalue weighted by Crippen LogP contribution is -2.22. The summed E-state index contributed by atoms with van der Waals surface area (Å²) in [5, 5.41) is 8.75. The van der Waals surface area contributed by atoms with Crippen molar-refractivity contribution in [1.82, 2.24) is 0 Å². The molecular weight excluding hydrogens is 688 g/mol. The summed E-state index contributed by atoms with van der Waals surface area (Å²) in [6, 6.07) is 19.9. The number of esters is 2. The molecule has 10 heteroatoms. The molecule has 0 heterocycles. The van der Waals surface area contributed by atoms with Crippen LogP contribution in [0.25, 0.3) is 0 Å². The van der Waals surface area contributed by atoms with Crippen LogP contribution >= 0.6 is 0 Å².